The Morgan fingerprint density at radius 3 is 2.52 bits per heavy atom. The van der Waals surface area contributed by atoms with Gasteiger partial charge < -0.3 is 29.5 Å². The maximum absolute atomic E-state index is 13.7. The van der Waals surface area contributed by atoms with Gasteiger partial charge in [-0.2, -0.15) is 0 Å². The average molecular weight is 672 g/mol. The Labute approximate surface area is 285 Å². The molecule has 1 saturated heterocycles. The molecule has 1 amide bonds. The lowest BCUT2D eigenvalue weighted by atomic mass is 10.0. The summed E-state index contributed by atoms with van der Waals surface area (Å²) in [5.74, 6) is 1.85. The van der Waals surface area contributed by atoms with Crippen molar-refractivity contribution in [3.63, 3.8) is 0 Å². The summed E-state index contributed by atoms with van der Waals surface area (Å²) < 4.78 is 25.6. The molecule has 3 aromatic heterocycles. The van der Waals surface area contributed by atoms with E-state index in [1.807, 2.05) is 56.9 Å². The van der Waals surface area contributed by atoms with Crippen molar-refractivity contribution in [3.8, 4) is 27.6 Å². The smallest absolute Gasteiger partial charge is 0.410 e. The van der Waals surface area contributed by atoms with Crippen molar-refractivity contribution in [1.29, 1.82) is 0 Å². The number of hydrogen-bond donors (Lipinski definition) is 1. The lowest BCUT2D eigenvalue weighted by Crippen LogP contribution is -2.47. The van der Waals surface area contributed by atoms with Crippen LogP contribution in [0.4, 0.5) is 26.5 Å². The normalized spacial score (nSPS) is 16.6. The van der Waals surface area contributed by atoms with Crippen LogP contribution < -0.4 is 19.9 Å². The third-order valence-corrected chi connectivity index (χ3v) is 9.17. The first-order valence-electron chi connectivity index (χ1n) is 16.3. The van der Waals surface area contributed by atoms with E-state index < -0.39 is 5.60 Å². The first-order chi connectivity index (χ1) is 23.1. The van der Waals surface area contributed by atoms with Crippen LogP contribution in [0.25, 0.3) is 21.8 Å². The summed E-state index contributed by atoms with van der Waals surface area (Å²) in [4.78, 5) is 33.7. The number of ether oxygens (including phenoxy) is 2. The Morgan fingerprint density at radius 2 is 1.85 bits per heavy atom. The summed E-state index contributed by atoms with van der Waals surface area (Å²) >= 11 is 1.49. The predicted molar refractivity (Wildman–Crippen MR) is 189 cm³/mol. The van der Waals surface area contributed by atoms with Crippen LogP contribution >= 0.6 is 11.3 Å². The highest BCUT2D eigenvalue weighted by atomic mass is 32.1. The highest BCUT2D eigenvalue weighted by Crippen LogP contribution is 2.45. The number of methoxy groups -OCH3 is 1. The van der Waals surface area contributed by atoms with Crippen molar-refractivity contribution >= 4 is 34.8 Å². The summed E-state index contributed by atoms with van der Waals surface area (Å²) in [6, 6.07) is 10.2. The van der Waals surface area contributed by atoms with E-state index in [0.29, 0.717) is 37.6 Å². The number of nitrogens with one attached hydrogen (secondary N) is 1. The number of pyridine rings is 2. The molecule has 5 heterocycles. The van der Waals surface area contributed by atoms with Crippen LogP contribution in [0.1, 0.15) is 46.1 Å². The van der Waals surface area contributed by atoms with Gasteiger partial charge >= 0.3 is 6.09 Å². The highest BCUT2D eigenvalue weighted by Gasteiger charge is 2.31. The Bertz CT molecular complexity index is 1760. The largest absolute Gasteiger partial charge is 0.495 e. The third kappa shape index (κ3) is 7.38. The van der Waals surface area contributed by atoms with Crippen LogP contribution in [0.2, 0.25) is 0 Å². The number of benzene rings is 1. The van der Waals surface area contributed by atoms with Crippen molar-refractivity contribution in [2.75, 3.05) is 48.4 Å². The molecule has 0 unspecified atom stereocenters. The van der Waals surface area contributed by atoms with Crippen LogP contribution in [0.3, 0.4) is 0 Å². The summed E-state index contributed by atoms with van der Waals surface area (Å²) in [6.07, 6.45) is 9.77. The maximum atomic E-state index is 13.7. The number of hydrogen-bond acceptors (Lipinski definition) is 10. The van der Waals surface area contributed by atoms with Gasteiger partial charge in [0.1, 0.15) is 33.8 Å². The fourth-order valence-electron chi connectivity index (χ4n) is 6.04. The molecule has 0 radical (unpaired) electrons. The molecule has 1 aromatic carbocycles. The van der Waals surface area contributed by atoms with Gasteiger partial charge in [0.25, 0.3) is 0 Å². The second kappa shape index (κ2) is 14.2. The summed E-state index contributed by atoms with van der Waals surface area (Å²) in [7, 11) is 1.68. The molecular weight excluding hydrogens is 630 g/mol. The quantitative estimate of drug-likeness (QED) is 0.203. The van der Waals surface area contributed by atoms with Gasteiger partial charge in [0.2, 0.25) is 0 Å². The lowest BCUT2D eigenvalue weighted by Gasteiger charge is -2.35. The molecule has 0 bridgehead atoms. The van der Waals surface area contributed by atoms with E-state index in [2.05, 4.69) is 27.0 Å². The number of carbonyl (C=O) groups is 1. The van der Waals surface area contributed by atoms with Gasteiger partial charge in [0.05, 0.1) is 30.3 Å². The third-order valence-electron chi connectivity index (χ3n) is 8.31. The first-order valence-corrected chi connectivity index (χ1v) is 17.2. The van der Waals surface area contributed by atoms with Gasteiger partial charge in [0, 0.05) is 67.3 Å². The summed E-state index contributed by atoms with van der Waals surface area (Å²) in [5, 5.41) is 6.40. The van der Waals surface area contributed by atoms with Crippen LogP contribution in [0.5, 0.6) is 5.75 Å². The molecular formula is C36H42FN7O3S. The van der Waals surface area contributed by atoms with Crippen molar-refractivity contribution in [2.45, 2.75) is 58.6 Å². The number of halogens is 1. The molecule has 1 fully saturated rings. The van der Waals surface area contributed by atoms with Crippen LogP contribution in [-0.2, 0) is 11.2 Å². The molecule has 2 aliphatic heterocycles. The Morgan fingerprint density at radius 1 is 1.08 bits per heavy atom. The minimum absolute atomic E-state index is 0.0722. The van der Waals surface area contributed by atoms with Crippen molar-refractivity contribution < 1.29 is 18.7 Å². The van der Waals surface area contributed by atoms with E-state index in [1.165, 1.54) is 23.5 Å². The number of anilines is 3. The summed E-state index contributed by atoms with van der Waals surface area (Å²) in [5.41, 5.74) is 3.75. The summed E-state index contributed by atoms with van der Waals surface area (Å²) in [6.45, 7) is 10.3. The van der Waals surface area contributed by atoms with Gasteiger partial charge in [-0.1, -0.05) is 6.92 Å². The van der Waals surface area contributed by atoms with E-state index in [4.69, 9.17) is 19.4 Å². The van der Waals surface area contributed by atoms with E-state index in [9.17, 15) is 9.18 Å². The fourth-order valence-corrected chi connectivity index (χ4v) is 6.91. The maximum Gasteiger partial charge on any atom is 0.410 e. The number of likely N-dealkylation sites (tertiary alicyclic amines) is 1. The molecule has 2 aliphatic rings. The molecule has 12 heteroatoms. The number of aromatic nitrogens is 3. The topological polar surface area (TPSA) is 96.0 Å². The van der Waals surface area contributed by atoms with Crippen LogP contribution in [0, 0.1) is 5.82 Å². The Balaban J connectivity index is 1.39. The molecule has 252 valence electrons. The van der Waals surface area contributed by atoms with E-state index in [-0.39, 0.29) is 18.0 Å². The van der Waals surface area contributed by atoms with Crippen LogP contribution in [-0.4, -0.2) is 70.9 Å². The van der Waals surface area contributed by atoms with Gasteiger partial charge in [-0.05, 0) is 76.4 Å². The fraction of sp³-hybridized carbons (Fsp3) is 0.389. The molecule has 1 N–H and O–H groups in total. The minimum Gasteiger partial charge on any atom is -0.495 e. The van der Waals surface area contributed by atoms with Gasteiger partial charge in [-0.15, -0.1) is 11.3 Å². The molecule has 6 rings (SSSR count). The number of carbonyl (C=O) groups excluding carboxylic acids is 1. The molecule has 0 aliphatic carbocycles. The lowest BCUT2D eigenvalue weighted by molar-refractivity contribution is 0.0206. The Hall–Kier alpha value is -4.71. The van der Waals surface area contributed by atoms with E-state index in [0.717, 1.165) is 58.3 Å². The molecule has 48 heavy (non-hydrogen) atoms. The average Bonchev–Trinajstić information content (AvgIpc) is 3.57. The molecule has 0 saturated carbocycles. The number of piperidine rings is 1. The van der Waals surface area contributed by atoms with E-state index in [1.54, 1.807) is 30.3 Å². The Kier molecular flexibility index (Phi) is 9.81. The molecule has 4 aromatic rings. The first kappa shape index (κ1) is 33.2. The van der Waals surface area contributed by atoms with E-state index >= 15 is 0 Å². The molecule has 1 atom stereocenters. The SMILES string of the molecule is CCc1c(N2C=CN(c3cccnc3)CC2)nc(N[C@@H]2CCCN(C(=O)OC(C)(C)C)C2)c(-c2nc(-c3ccc(F)cc3)cs2)c1OC. The van der Waals surface area contributed by atoms with Gasteiger partial charge in [-0.25, -0.2) is 19.2 Å². The van der Waals surface area contributed by atoms with Crippen LogP contribution in [0.15, 0.2) is 66.6 Å². The van der Waals surface area contributed by atoms with Gasteiger partial charge in [0.15, 0.2) is 0 Å². The number of amides is 1. The standard InChI is InChI=1S/C36H42FN7O3S/c1-6-28-31(46-5)30(34-40-29(23-48-34)24-11-13-25(37)14-12-24)32(39-26-9-8-16-44(22-26)35(45)47-36(2,3)4)41-33(28)43-19-17-42(18-20-43)27-10-7-15-38-21-27/h7,10-15,17,19,21,23,26H,6,8-9,16,18,20,22H2,1-5H3,(H,39,41)/t26-/m1/s1. The molecule has 0 spiro atoms. The zero-order valence-corrected chi connectivity index (χ0v) is 28.9. The monoisotopic (exact) mass is 671 g/mol. The highest BCUT2D eigenvalue weighted by molar-refractivity contribution is 7.13. The van der Waals surface area contributed by atoms with Gasteiger partial charge in [-0.3, -0.25) is 4.98 Å². The van der Waals surface area contributed by atoms with Crippen molar-refractivity contribution in [3.05, 3.63) is 78.0 Å². The predicted octanol–water partition coefficient (Wildman–Crippen LogP) is 7.59. The number of nitrogens with zero attached hydrogens (tertiary/aromatic N) is 6. The van der Waals surface area contributed by atoms with Crippen molar-refractivity contribution in [1.82, 2.24) is 19.9 Å². The zero-order chi connectivity index (χ0) is 33.8. The van der Waals surface area contributed by atoms with Crippen molar-refractivity contribution in [2.24, 2.45) is 0 Å². The number of rotatable bonds is 8. The zero-order valence-electron chi connectivity index (χ0n) is 28.1. The molecule has 10 nitrogen and oxygen atoms in total. The minimum atomic E-state index is -0.577. The second-order valence-corrected chi connectivity index (χ2v) is 13.7. The number of thiazole rings is 1. The second-order valence-electron chi connectivity index (χ2n) is 12.9.